The molecule has 2 N–H and O–H groups in total. The lowest BCUT2D eigenvalue weighted by molar-refractivity contribution is -0.386. The summed E-state index contributed by atoms with van der Waals surface area (Å²) in [5.74, 6) is -0.615. The van der Waals surface area contributed by atoms with E-state index in [4.69, 9.17) is 10.5 Å². The van der Waals surface area contributed by atoms with Crippen LogP contribution < -0.4 is 10.5 Å². The number of nitrogens with zero attached hydrogens (tertiary/aromatic N) is 1. The van der Waals surface area contributed by atoms with Crippen molar-refractivity contribution in [2.24, 2.45) is 5.73 Å². The van der Waals surface area contributed by atoms with E-state index in [1.165, 1.54) is 0 Å². The molecule has 0 aliphatic heterocycles. The zero-order valence-corrected chi connectivity index (χ0v) is 10.6. The summed E-state index contributed by atoms with van der Waals surface area (Å²) in [5, 5.41) is 10.8. The van der Waals surface area contributed by atoms with Crippen molar-refractivity contribution in [1.29, 1.82) is 0 Å². The van der Waals surface area contributed by atoms with Gasteiger partial charge in [0.1, 0.15) is 12.4 Å². The van der Waals surface area contributed by atoms with Crippen LogP contribution in [-0.4, -0.2) is 17.1 Å². The molecule has 1 saturated carbocycles. The molecule has 5 nitrogen and oxygen atoms in total. The molecule has 0 spiro atoms. The van der Waals surface area contributed by atoms with Gasteiger partial charge in [-0.2, -0.15) is 0 Å². The van der Waals surface area contributed by atoms with Gasteiger partial charge in [-0.15, -0.1) is 0 Å². The average molecular weight is 268 g/mol. The van der Waals surface area contributed by atoms with Crippen molar-refractivity contribution in [2.45, 2.75) is 37.6 Å². The molecular weight excluding hydrogens is 251 g/mol. The summed E-state index contributed by atoms with van der Waals surface area (Å²) in [5.41, 5.74) is 5.49. The molecule has 1 aliphatic rings. The summed E-state index contributed by atoms with van der Waals surface area (Å²) >= 11 is 0. The summed E-state index contributed by atoms with van der Waals surface area (Å²) in [7, 11) is 0. The highest BCUT2D eigenvalue weighted by Gasteiger charge is 2.29. The molecule has 0 bridgehead atoms. The van der Waals surface area contributed by atoms with E-state index in [9.17, 15) is 14.5 Å². The molecule has 6 heteroatoms. The van der Waals surface area contributed by atoms with E-state index in [-0.39, 0.29) is 18.0 Å². The zero-order valence-electron chi connectivity index (χ0n) is 10.6. The Labute approximate surface area is 110 Å². The van der Waals surface area contributed by atoms with Gasteiger partial charge in [0.2, 0.25) is 0 Å². The van der Waals surface area contributed by atoms with Crippen LogP contribution in [0.4, 0.5) is 10.1 Å². The fraction of sp³-hybridized carbons (Fsp3) is 0.538. The quantitative estimate of drug-likeness (QED) is 0.672. The minimum absolute atomic E-state index is 0.0552. The highest BCUT2D eigenvalue weighted by atomic mass is 19.1. The molecule has 1 aliphatic carbocycles. The number of benzene rings is 1. The van der Waals surface area contributed by atoms with Gasteiger partial charge in [0.15, 0.2) is 5.75 Å². The van der Waals surface area contributed by atoms with E-state index < -0.39 is 16.3 Å². The average Bonchev–Trinajstić information content (AvgIpc) is 2.37. The van der Waals surface area contributed by atoms with Gasteiger partial charge in [0.25, 0.3) is 0 Å². The first-order valence-corrected chi connectivity index (χ1v) is 6.36. The van der Waals surface area contributed by atoms with Gasteiger partial charge in [0, 0.05) is 12.1 Å². The van der Waals surface area contributed by atoms with Crippen molar-refractivity contribution in [2.75, 3.05) is 6.61 Å². The molecule has 0 amide bonds. The first-order valence-electron chi connectivity index (χ1n) is 6.36. The van der Waals surface area contributed by atoms with E-state index in [2.05, 4.69) is 0 Å². The maximum Gasteiger partial charge on any atom is 0.311 e. The van der Waals surface area contributed by atoms with Crippen LogP contribution in [0.1, 0.15) is 32.1 Å². The number of ether oxygens (including phenoxy) is 1. The minimum atomic E-state index is -0.584. The van der Waals surface area contributed by atoms with E-state index in [1.807, 2.05) is 0 Å². The van der Waals surface area contributed by atoms with Crippen molar-refractivity contribution in [3.63, 3.8) is 0 Å². The van der Waals surface area contributed by atoms with Gasteiger partial charge in [-0.25, -0.2) is 4.39 Å². The van der Waals surface area contributed by atoms with E-state index in [1.54, 1.807) is 0 Å². The van der Waals surface area contributed by atoms with Gasteiger partial charge in [-0.1, -0.05) is 19.3 Å². The number of rotatable bonds is 4. The lowest BCUT2D eigenvalue weighted by Crippen LogP contribution is -2.47. The van der Waals surface area contributed by atoms with Gasteiger partial charge in [-0.3, -0.25) is 10.1 Å². The van der Waals surface area contributed by atoms with Crippen LogP contribution in [-0.2, 0) is 0 Å². The van der Waals surface area contributed by atoms with Crippen molar-refractivity contribution < 1.29 is 14.1 Å². The van der Waals surface area contributed by atoms with Gasteiger partial charge in [0.05, 0.1) is 10.5 Å². The summed E-state index contributed by atoms with van der Waals surface area (Å²) in [6.07, 6.45) is 4.88. The smallest absolute Gasteiger partial charge is 0.311 e. The molecule has 0 radical (unpaired) electrons. The normalized spacial score (nSPS) is 18.0. The second kappa shape index (κ2) is 5.52. The molecule has 0 heterocycles. The van der Waals surface area contributed by atoms with Crippen molar-refractivity contribution in [3.8, 4) is 5.75 Å². The lowest BCUT2D eigenvalue weighted by atomic mass is 9.83. The third-order valence-electron chi connectivity index (χ3n) is 3.48. The monoisotopic (exact) mass is 268 g/mol. The minimum Gasteiger partial charge on any atom is -0.485 e. The Morgan fingerprint density at radius 3 is 2.68 bits per heavy atom. The Kier molecular flexibility index (Phi) is 3.99. The first-order chi connectivity index (χ1) is 9.00. The SMILES string of the molecule is NC1(COc2cc(F)ccc2[N+](=O)[O-])CCCCC1. The maximum atomic E-state index is 13.1. The number of nitro benzene ring substituents is 1. The standard InChI is InChI=1S/C13H17FN2O3/c14-10-4-5-11(16(17)18)12(8-10)19-9-13(15)6-2-1-3-7-13/h4-5,8H,1-3,6-7,9,15H2. The Hall–Kier alpha value is -1.69. The van der Waals surface area contributed by atoms with Crippen LogP contribution in [0.5, 0.6) is 5.75 Å². The van der Waals surface area contributed by atoms with Crippen molar-refractivity contribution in [1.82, 2.24) is 0 Å². The van der Waals surface area contributed by atoms with E-state index in [0.717, 1.165) is 50.3 Å². The Morgan fingerprint density at radius 2 is 2.05 bits per heavy atom. The molecule has 2 rings (SSSR count). The van der Waals surface area contributed by atoms with Gasteiger partial charge < -0.3 is 10.5 Å². The maximum absolute atomic E-state index is 13.1. The van der Waals surface area contributed by atoms with Crippen LogP contribution in [0.3, 0.4) is 0 Å². The Morgan fingerprint density at radius 1 is 1.37 bits per heavy atom. The molecule has 1 fully saturated rings. The fourth-order valence-electron chi connectivity index (χ4n) is 2.38. The lowest BCUT2D eigenvalue weighted by Gasteiger charge is -2.32. The van der Waals surface area contributed by atoms with Gasteiger partial charge >= 0.3 is 5.69 Å². The molecule has 1 aromatic carbocycles. The second-order valence-electron chi connectivity index (χ2n) is 5.08. The topological polar surface area (TPSA) is 78.4 Å². The second-order valence-corrected chi connectivity index (χ2v) is 5.08. The third kappa shape index (κ3) is 3.41. The number of halogens is 1. The van der Waals surface area contributed by atoms with Crippen molar-refractivity contribution in [3.05, 3.63) is 34.1 Å². The highest BCUT2D eigenvalue weighted by Crippen LogP contribution is 2.31. The highest BCUT2D eigenvalue weighted by molar-refractivity contribution is 5.46. The predicted molar refractivity (Wildman–Crippen MR) is 68.6 cm³/mol. The number of nitrogens with two attached hydrogens (primary N) is 1. The number of hydrogen-bond donors (Lipinski definition) is 1. The predicted octanol–water partition coefficient (Wildman–Crippen LogP) is 2.77. The number of hydrogen-bond acceptors (Lipinski definition) is 4. The summed E-state index contributed by atoms with van der Waals surface area (Å²) < 4.78 is 18.6. The molecule has 0 saturated heterocycles. The van der Waals surface area contributed by atoms with Crippen LogP contribution >= 0.6 is 0 Å². The first kappa shape index (κ1) is 13.7. The van der Waals surface area contributed by atoms with Crippen LogP contribution in [0.15, 0.2) is 18.2 Å². The molecular formula is C13H17FN2O3. The summed E-state index contributed by atoms with van der Waals surface area (Å²) in [6, 6.07) is 3.18. The fourth-order valence-corrected chi connectivity index (χ4v) is 2.38. The third-order valence-corrected chi connectivity index (χ3v) is 3.48. The van der Waals surface area contributed by atoms with Crippen molar-refractivity contribution >= 4 is 5.69 Å². The molecule has 104 valence electrons. The summed E-state index contributed by atoms with van der Waals surface area (Å²) in [4.78, 5) is 10.3. The zero-order chi connectivity index (χ0) is 13.9. The molecule has 0 atom stereocenters. The molecule has 0 aromatic heterocycles. The van der Waals surface area contributed by atoms with Crippen LogP contribution in [0.25, 0.3) is 0 Å². The Bertz CT molecular complexity index is 473. The van der Waals surface area contributed by atoms with E-state index >= 15 is 0 Å². The van der Waals surface area contributed by atoms with Crippen LogP contribution in [0, 0.1) is 15.9 Å². The summed E-state index contributed by atoms with van der Waals surface area (Å²) in [6.45, 7) is 0.178. The van der Waals surface area contributed by atoms with Gasteiger partial charge in [-0.05, 0) is 18.9 Å². The molecule has 1 aromatic rings. The largest absolute Gasteiger partial charge is 0.485 e. The molecule has 19 heavy (non-hydrogen) atoms. The van der Waals surface area contributed by atoms with E-state index in [0.29, 0.717) is 0 Å². The number of nitro groups is 1. The Balaban J connectivity index is 2.10. The van der Waals surface area contributed by atoms with Crippen LogP contribution in [0.2, 0.25) is 0 Å². The molecule has 0 unspecified atom stereocenters.